The third kappa shape index (κ3) is 3.50. The van der Waals surface area contributed by atoms with Crippen molar-refractivity contribution < 1.29 is 22.7 Å². The molecule has 5 nitrogen and oxygen atoms in total. The first-order valence-electron chi connectivity index (χ1n) is 6.00. The Bertz CT molecular complexity index is 612. The monoisotopic (exact) mass is 319 g/mol. The van der Waals surface area contributed by atoms with Gasteiger partial charge in [-0.25, -0.2) is 22.3 Å². The summed E-state index contributed by atoms with van der Waals surface area (Å²) in [6, 6.07) is 2.72. The van der Waals surface area contributed by atoms with Crippen LogP contribution in [0.2, 0.25) is 0 Å². The molecule has 0 spiro atoms. The molecule has 8 heteroatoms. The van der Waals surface area contributed by atoms with Crippen molar-refractivity contribution in [3.05, 3.63) is 29.6 Å². The molecule has 0 aliphatic carbocycles. The summed E-state index contributed by atoms with van der Waals surface area (Å²) in [5.41, 5.74) is -0.261. The molecule has 0 aromatic heterocycles. The van der Waals surface area contributed by atoms with Crippen LogP contribution >= 0.6 is 11.8 Å². The summed E-state index contributed by atoms with van der Waals surface area (Å²) in [6.45, 7) is 0.242. The molecular weight excluding hydrogens is 305 g/mol. The molecule has 2 rings (SSSR count). The Hall–Kier alpha value is -1.12. The summed E-state index contributed by atoms with van der Waals surface area (Å²) < 4.78 is 40.0. The molecule has 1 heterocycles. The summed E-state index contributed by atoms with van der Waals surface area (Å²) in [4.78, 5) is 10.2. The van der Waals surface area contributed by atoms with Gasteiger partial charge in [-0.05, 0) is 42.0 Å². The summed E-state index contributed by atoms with van der Waals surface area (Å²) in [5.74, 6) is -0.146. The first kappa shape index (κ1) is 15.3. The van der Waals surface area contributed by atoms with Gasteiger partial charge in [0.05, 0.1) is 5.56 Å². The largest absolute Gasteiger partial charge is 0.478 e. The van der Waals surface area contributed by atoms with Crippen LogP contribution in [0.1, 0.15) is 16.8 Å². The van der Waals surface area contributed by atoms with Gasteiger partial charge < -0.3 is 5.11 Å². The molecule has 0 saturated carbocycles. The standard InChI is InChI=1S/C12H14FNO4S2/c13-10-2-1-9(12(15)16)5-11(10)20(17,18)14-6-8-3-4-19-7-8/h1-2,5,8,14H,3-4,6-7H2,(H,15,16). The van der Waals surface area contributed by atoms with E-state index in [1.165, 1.54) is 0 Å². The van der Waals surface area contributed by atoms with Crippen molar-refractivity contribution in [3.8, 4) is 0 Å². The van der Waals surface area contributed by atoms with Gasteiger partial charge in [-0.15, -0.1) is 0 Å². The third-order valence-electron chi connectivity index (χ3n) is 3.05. The number of carbonyl (C=O) groups is 1. The Morgan fingerprint density at radius 3 is 2.85 bits per heavy atom. The van der Waals surface area contributed by atoms with Gasteiger partial charge in [0.1, 0.15) is 10.7 Å². The fourth-order valence-electron chi connectivity index (χ4n) is 1.89. The van der Waals surface area contributed by atoms with Crippen LogP contribution in [0.3, 0.4) is 0 Å². The average Bonchev–Trinajstić information content (AvgIpc) is 2.89. The second-order valence-electron chi connectivity index (χ2n) is 4.53. The van der Waals surface area contributed by atoms with E-state index < -0.39 is 26.7 Å². The van der Waals surface area contributed by atoms with E-state index in [0.29, 0.717) is 0 Å². The molecule has 0 amide bonds. The Labute approximate surface area is 120 Å². The lowest BCUT2D eigenvalue weighted by Crippen LogP contribution is -2.30. The van der Waals surface area contributed by atoms with E-state index >= 15 is 0 Å². The summed E-state index contributed by atoms with van der Waals surface area (Å²) in [5, 5.41) is 8.83. The number of carboxylic acids is 1. The minimum Gasteiger partial charge on any atom is -0.478 e. The van der Waals surface area contributed by atoms with Gasteiger partial charge in [-0.1, -0.05) is 0 Å². The molecule has 1 aliphatic heterocycles. The topological polar surface area (TPSA) is 83.5 Å². The Morgan fingerprint density at radius 1 is 1.50 bits per heavy atom. The zero-order valence-electron chi connectivity index (χ0n) is 10.5. The van der Waals surface area contributed by atoms with Crippen LogP contribution in [-0.4, -0.2) is 37.5 Å². The number of nitrogens with one attached hydrogen (secondary N) is 1. The summed E-state index contributed by atoms with van der Waals surface area (Å²) >= 11 is 1.75. The van der Waals surface area contributed by atoms with Crippen LogP contribution in [-0.2, 0) is 10.0 Å². The minimum atomic E-state index is -4.03. The quantitative estimate of drug-likeness (QED) is 0.860. The predicted octanol–water partition coefficient (Wildman–Crippen LogP) is 1.56. The van der Waals surface area contributed by atoms with Crippen LogP contribution < -0.4 is 4.72 Å². The van der Waals surface area contributed by atoms with Crippen molar-refractivity contribution >= 4 is 27.8 Å². The number of hydrogen-bond acceptors (Lipinski definition) is 4. The zero-order chi connectivity index (χ0) is 14.8. The maximum atomic E-state index is 13.6. The second kappa shape index (κ2) is 6.11. The molecule has 20 heavy (non-hydrogen) atoms. The SMILES string of the molecule is O=C(O)c1ccc(F)c(S(=O)(=O)NCC2CCSC2)c1. The van der Waals surface area contributed by atoms with Crippen molar-refractivity contribution in [2.24, 2.45) is 5.92 Å². The maximum Gasteiger partial charge on any atom is 0.335 e. The average molecular weight is 319 g/mol. The number of aromatic carboxylic acids is 1. The first-order valence-corrected chi connectivity index (χ1v) is 8.64. The lowest BCUT2D eigenvalue weighted by Gasteiger charge is -2.11. The highest BCUT2D eigenvalue weighted by atomic mass is 32.2. The number of benzene rings is 1. The van der Waals surface area contributed by atoms with Crippen molar-refractivity contribution in [1.29, 1.82) is 0 Å². The zero-order valence-corrected chi connectivity index (χ0v) is 12.1. The Morgan fingerprint density at radius 2 is 2.25 bits per heavy atom. The molecule has 0 bridgehead atoms. The van der Waals surface area contributed by atoms with Gasteiger partial charge in [-0.2, -0.15) is 11.8 Å². The van der Waals surface area contributed by atoms with Crippen LogP contribution in [0.15, 0.2) is 23.1 Å². The molecule has 1 aromatic rings. The van der Waals surface area contributed by atoms with Crippen LogP contribution in [0.5, 0.6) is 0 Å². The van der Waals surface area contributed by atoms with Crippen LogP contribution in [0.25, 0.3) is 0 Å². The fourth-order valence-corrected chi connectivity index (χ4v) is 4.39. The van der Waals surface area contributed by atoms with Crippen molar-refractivity contribution in [2.45, 2.75) is 11.3 Å². The Kier molecular flexibility index (Phi) is 4.66. The number of halogens is 1. The number of thioether (sulfide) groups is 1. The molecule has 1 aromatic carbocycles. The minimum absolute atomic E-state index is 0.237. The van der Waals surface area contributed by atoms with E-state index in [0.717, 1.165) is 36.1 Å². The molecule has 0 radical (unpaired) electrons. The van der Waals surface area contributed by atoms with Crippen molar-refractivity contribution in [3.63, 3.8) is 0 Å². The van der Waals surface area contributed by atoms with Crippen molar-refractivity contribution in [2.75, 3.05) is 18.1 Å². The molecule has 1 saturated heterocycles. The lowest BCUT2D eigenvalue weighted by atomic mass is 10.1. The fraction of sp³-hybridized carbons (Fsp3) is 0.417. The molecular formula is C12H14FNO4S2. The summed E-state index contributed by atoms with van der Waals surface area (Å²) in [6.07, 6.45) is 0.921. The van der Waals surface area contributed by atoms with Gasteiger partial charge in [-0.3, -0.25) is 0 Å². The molecule has 1 aliphatic rings. The van der Waals surface area contributed by atoms with Crippen LogP contribution in [0, 0.1) is 11.7 Å². The molecule has 110 valence electrons. The van der Waals surface area contributed by atoms with E-state index in [1.807, 2.05) is 0 Å². The Balaban J connectivity index is 2.19. The molecule has 1 unspecified atom stereocenters. The highest BCUT2D eigenvalue weighted by Gasteiger charge is 2.23. The van der Waals surface area contributed by atoms with E-state index in [2.05, 4.69) is 4.72 Å². The van der Waals surface area contributed by atoms with E-state index in [-0.39, 0.29) is 18.0 Å². The molecule has 1 fully saturated rings. The van der Waals surface area contributed by atoms with Gasteiger partial charge in [0.15, 0.2) is 0 Å². The normalized spacial score (nSPS) is 19.1. The van der Waals surface area contributed by atoms with Gasteiger partial charge in [0.25, 0.3) is 0 Å². The predicted molar refractivity (Wildman–Crippen MR) is 74.0 cm³/mol. The highest BCUT2D eigenvalue weighted by molar-refractivity contribution is 7.99. The van der Waals surface area contributed by atoms with E-state index in [9.17, 15) is 17.6 Å². The van der Waals surface area contributed by atoms with E-state index in [4.69, 9.17) is 5.11 Å². The number of sulfonamides is 1. The lowest BCUT2D eigenvalue weighted by molar-refractivity contribution is 0.0696. The second-order valence-corrected chi connectivity index (χ2v) is 7.42. The van der Waals surface area contributed by atoms with Gasteiger partial charge >= 0.3 is 5.97 Å². The number of hydrogen-bond donors (Lipinski definition) is 2. The van der Waals surface area contributed by atoms with Crippen molar-refractivity contribution in [1.82, 2.24) is 4.72 Å². The van der Waals surface area contributed by atoms with Gasteiger partial charge in [0.2, 0.25) is 10.0 Å². The smallest absolute Gasteiger partial charge is 0.335 e. The van der Waals surface area contributed by atoms with E-state index in [1.54, 1.807) is 11.8 Å². The first-order chi connectivity index (χ1) is 9.40. The highest BCUT2D eigenvalue weighted by Crippen LogP contribution is 2.23. The third-order valence-corrected chi connectivity index (χ3v) is 5.72. The molecule has 1 atom stereocenters. The van der Waals surface area contributed by atoms with Crippen LogP contribution in [0.4, 0.5) is 4.39 Å². The summed E-state index contributed by atoms with van der Waals surface area (Å²) in [7, 11) is -4.03. The maximum absolute atomic E-state index is 13.6. The number of rotatable bonds is 5. The molecule has 2 N–H and O–H groups in total. The number of carboxylic acid groups (broad SMARTS) is 1. The van der Waals surface area contributed by atoms with Gasteiger partial charge in [0, 0.05) is 6.54 Å².